The summed E-state index contributed by atoms with van der Waals surface area (Å²) in [5.74, 6) is 0.428. The topological polar surface area (TPSA) is 72.2 Å². The normalized spacial score (nSPS) is 27.0. The highest BCUT2D eigenvalue weighted by atomic mass is 16.2. The lowest BCUT2D eigenvalue weighted by atomic mass is 9.70. The highest BCUT2D eigenvalue weighted by Crippen LogP contribution is 2.63. The van der Waals surface area contributed by atoms with Crippen molar-refractivity contribution in [2.24, 2.45) is 21.8 Å². The van der Waals surface area contributed by atoms with Crippen molar-refractivity contribution in [3.63, 3.8) is 0 Å². The second kappa shape index (κ2) is 7.00. The third-order valence-corrected chi connectivity index (χ3v) is 6.96. The van der Waals surface area contributed by atoms with Gasteiger partial charge >= 0.3 is 0 Å². The molecule has 2 atom stereocenters. The Morgan fingerprint density at radius 3 is 2.79 bits per heavy atom. The van der Waals surface area contributed by atoms with E-state index in [1.807, 2.05) is 36.5 Å². The highest BCUT2D eigenvalue weighted by molar-refractivity contribution is 5.97. The summed E-state index contributed by atoms with van der Waals surface area (Å²) in [4.78, 5) is 12.2. The van der Waals surface area contributed by atoms with E-state index >= 15 is 0 Å². The number of benzene rings is 1. The molecule has 2 aromatic rings. The van der Waals surface area contributed by atoms with E-state index in [1.165, 1.54) is 12.5 Å². The van der Waals surface area contributed by atoms with Crippen LogP contribution in [0.25, 0.3) is 6.08 Å². The Labute approximate surface area is 165 Å². The van der Waals surface area contributed by atoms with Crippen LogP contribution >= 0.6 is 0 Å². The van der Waals surface area contributed by atoms with E-state index in [-0.39, 0.29) is 16.7 Å². The average Bonchev–Trinajstić information content (AvgIpc) is 3.27. The lowest BCUT2D eigenvalue weighted by Gasteiger charge is -2.34. The number of carbonyl (C=O) groups excluding carboxylic acids is 1. The number of nitrogens with zero attached hydrogens (tertiary/aromatic N) is 4. The molecule has 4 rings (SSSR count). The van der Waals surface area contributed by atoms with E-state index < -0.39 is 0 Å². The number of rotatable bonds is 5. The van der Waals surface area contributed by atoms with Gasteiger partial charge in [0.2, 0.25) is 0 Å². The first-order chi connectivity index (χ1) is 13.4. The maximum atomic E-state index is 12.2. The van der Waals surface area contributed by atoms with E-state index in [4.69, 9.17) is 0 Å². The lowest BCUT2D eigenvalue weighted by Crippen LogP contribution is -2.34. The van der Waals surface area contributed by atoms with Gasteiger partial charge in [-0.05, 0) is 42.2 Å². The first kappa shape index (κ1) is 18.6. The summed E-state index contributed by atoms with van der Waals surface area (Å²) in [6, 6.07) is 10.1. The number of carbonyl (C=O) groups is 1. The Hall–Kier alpha value is -2.76. The van der Waals surface area contributed by atoms with Gasteiger partial charge in [0.25, 0.3) is 5.91 Å². The largest absolute Gasteiger partial charge is 0.268 e. The summed E-state index contributed by atoms with van der Waals surface area (Å²) >= 11 is 0. The Balaban J connectivity index is 1.35. The zero-order valence-corrected chi connectivity index (χ0v) is 16.7. The fraction of sp³-hybridized carbons (Fsp3) is 0.455. The van der Waals surface area contributed by atoms with Crippen molar-refractivity contribution >= 4 is 17.7 Å². The molecule has 0 unspecified atom stereocenters. The van der Waals surface area contributed by atoms with Crippen LogP contribution < -0.4 is 5.43 Å². The molecule has 28 heavy (non-hydrogen) atoms. The molecule has 1 amide bonds. The first-order valence-corrected chi connectivity index (χ1v) is 9.88. The van der Waals surface area contributed by atoms with Crippen LogP contribution in [0, 0.1) is 16.7 Å². The Morgan fingerprint density at radius 1 is 1.32 bits per heavy atom. The van der Waals surface area contributed by atoms with Crippen LogP contribution in [0.4, 0.5) is 0 Å². The highest BCUT2D eigenvalue weighted by Gasteiger charge is 2.59. The van der Waals surface area contributed by atoms with Crippen molar-refractivity contribution in [1.29, 1.82) is 0 Å². The first-order valence-electron chi connectivity index (χ1n) is 9.88. The zero-order chi connectivity index (χ0) is 19.8. The smallest absolute Gasteiger partial charge is 0.264 e. The molecule has 2 bridgehead atoms. The summed E-state index contributed by atoms with van der Waals surface area (Å²) < 4.78 is 1.76. The SMILES string of the molecule is CC1(C)[C@@H]2CC[C@]1(C)/C(=N/NC(=O)/C=C/c1cn(Cc3ccccc3)nn1)C2. The molecule has 2 aliphatic carbocycles. The monoisotopic (exact) mass is 377 g/mol. The van der Waals surface area contributed by atoms with Gasteiger partial charge < -0.3 is 0 Å². The minimum atomic E-state index is -0.241. The standard InChI is InChI=1S/C22H27N5O/c1-21(2)17-11-12-22(21,3)19(13-17)24-25-20(28)10-9-18-15-27(26-23-18)14-16-7-5-4-6-8-16/h4-10,15,17H,11-14H2,1-3H3,(H,25,28)/b10-9+,24-19+/t17-,22-/m1/s1. The van der Waals surface area contributed by atoms with Crippen molar-refractivity contribution in [1.82, 2.24) is 20.4 Å². The van der Waals surface area contributed by atoms with Gasteiger partial charge in [-0.1, -0.05) is 56.3 Å². The van der Waals surface area contributed by atoms with Crippen LogP contribution in [-0.4, -0.2) is 26.6 Å². The molecule has 1 aromatic heterocycles. The molecule has 6 nitrogen and oxygen atoms in total. The fourth-order valence-corrected chi connectivity index (χ4v) is 4.66. The number of nitrogens with one attached hydrogen (secondary N) is 1. The maximum absolute atomic E-state index is 12.2. The average molecular weight is 377 g/mol. The molecule has 2 fully saturated rings. The molecule has 1 aromatic carbocycles. The summed E-state index contributed by atoms with van der Waals surface area (Å²) in [7, 11) is 0. The van der Waals surface area contributed by atoms with Gasteiger partial charge in [0, 0.05) is 17.2 Å². The van der Waals surface area contributed by atoms with E-state index in [2.05, 4.69) is 41.6 Å². The van der Waals surface area contributed by atoms with Crippen molar-refractivity contribution in [2.45, 2.75) is 46.6 Å². The third-order valence-electron chi connectivity index (χ3n) is 6.96. The van der Waals surface area contributed by atoms with Crippen LogP contribution in [0.2, 0.25) is 0 Å². The number of amides is 1. The molecule has 1 N–H and O–H groups in total. The quantitative estimate of drug-likeness (QED) is 0.638. The predicted octanol–water partition coefficient (Wildman–Crippen LogP) is 3.66. The number of hydrogen-bond acceptors (Lipinski definition) is 4. The van der Waals surface area contributed by atoms with Crippen LogP contribution in [0.5, 0.6) is 0 Å². The zero-order valence-electron chi connectivity index (χ0n) is 16.7. The minimum absolute atomic E-state index is 0.0921. The summed E-state index contributed by atoms with van der Waals surface area (Å²) in [5.41, 5.74) is 5.97. The van der Waals surface area contributed by atoms with Gasteiger partial charge in [0.05, 0.1) is 12.7 Å². The van der Waals surface area contributed by atoms with E-state index in [9.17, 15) is 4.79 Å². The van der Waals surface area contributed by atoms with Gasteiger partial charge in [-0.3, -0.25) is 4.79 Å². The Morgan fingerprint density at radius 2 is 2.11 bits per heavy atom. The molecular formula is C22H27N5O. The molecule has 1 heterocycles. The van der Waals surface area contributed by atoms with E-state index in [0.717, 1.165) is 24.1 Å². The molecule has 146 valence electrons. The van der Waals surface area contributed by atoms with E-state index in [1.54, 1.807) is 10.8 Å². The van der Waals surface area contributed by atoms with Crippen molar-refractivity contribution in [3.8, 4) is 0 Å². The summed E-state index contributed by atoms with van der Waals surface area (Å²) in [6.45, 7) is 7.59. The minimum Gasteiger partial charge on any atom is -0.268 e. The number of aromatic nitrogens is 3. The van der Waals surface area contributed by atoms with Gasteiger partial charge in [-0.2, -0.15) is 5.10 Å². The van der Waals surface area contributed by atoms with Crippen molar-refractivity contribution in [3.05, 3.63) is 53.9 Å². The van der Waals surface area contributed by atoms with Crippen molar-refractivity contribution < 1.29 is 4.79 Å². The summed E-state index contributed by atoms with van der Waals surface area (Å²) in [6.07, 6.45) is 8.34. The molecule has 2 aliphatic rings. The second-order valence-corrected chi connectivity index (χ2v) is 8.69. The number of fused-ring (bicyclic) bond motifs is 2. The molecular weight excluding hydrogens is 350 g/mol. The fourth-order valence-electron chi connectivity index (χ4n) is 4.66. The van der Waals surface area contributed by atoms with Gasteiger partial charge in [0.15, 0.2) is 0 Å². The van der Waals surface area contributed by atoms with Gasteiger partial charge in [0.1, 0.15) is 5.69 Å². The molecule has 0 radical (unpaired) electrons. The third kappa shape index (κ3) is 3.28. The second-order valence-electron chi connectivity index (χ2n) is 8.69. The lowest BCUT2D eigenvalue weighted by molar-refractivity contribution is -0.116. The molecule has 6 heteroatoms. The molecule has 0 spiro atoms. The number of hydrazone groups is 1. The van der Waals surface area contributed by atoms with Gasteiger partial charge in [-0.25, -0.2) is 10.1 Å². The summed E-state index contributed by atoms with van der Waals surface area (Å²) in [5, 5.41) is 12.7. The Kier molecular flexibility index (Phi) is 4.65. The molecule has 0 aliphatic heterocycles. The molecule has 0 saturated heterocycles. The van der Waals surface area contributed by atoms with Crippen LogP contribution in [0.15, 0.2) is 47.7 Å². The van der Waals surface area contributed by atoms with Gasteiger partial charge in [-0.15, -0.1) is 5.10 Å². The van der Waals surface area contributed by atoms with E-state index in [0.29, 0.717) is 18.2 Å². The van der Waals surface area contributed by atoms with Crippen LogP contribution in [-0.2, 0) is 11.3 Å². The Bertz CT molecular complexity index is 927. The van der Waals surface area contributed by atoms with Crippen LogP contribution in [0.3, 0.4) is 0 Å². The maximum Gasteiger partial charge on any atom is 0.264 e. The van der Waals surface area contributed by atoms with Crippen molar-refractivity contribution in [2.75, 3.05) is 0 Å². The predicted molar refractivity (Wildman–Crippen MR) is 109 cm³/mol. The van der Waals surface area contributed by atoms with Crippen LogP contribution in [0.1, 0.15) is 51.3 Å². The molecule has 2 saturated carbocycles. The number of hydrogen-bond donors (Lipinski definition) is 1.